The van der Waals surface area contributed by atoms with Crippen molar-refractivity contribution in [1.82, 2.24) is 25.8 Å². The van der Waals surface area contributed by atoms with Gasteiger partial charge in [-0.3, -0.25) is 19.2 Å². The number of nitrogens with one attached hydrogen (secondary N) is 3. The second kappa shape index (κ2) is 9.72. The Hall–Kier alpha value is -2.60. The van der Waals surface area contributed by atoms with E-state index in [1.807, 2.05) is 6.92 Å². The number of thioether (sulfide) groups is 1. The lowest BCUT2D eigenvalue weighted by Crippen LogP contribution is -2.66. The second-order valence-electron chi connectivity index (χ2n) is 8.91. The van der Waals surface area contributed by atoms with Crippen molar-refractivity contribution in [2.24, 2.45) is 11.8 Å². The SMILES string of the molecule is CNC(=O)CC(=O)NC(C)[C@H]1C(=O)N2C(C(=O)O)=C(S[C@@H]3CN[C@H](C(=O)N(C)C)C3)[C@H](C)[C@H]12. The Labute approximate surface area is 196 Å². The Morgan fingerprint density at radius 3 is 2.52 bits per heavy atom. The van der Waals surface area contributed by atoms with Gasteiger partial charge < -0.3 is 30.9 Å². The van der Waals surface area contributed by atoms with Crippen LogP contribution in [0, 0.1) is 11.8 Å². The molecular formula is C21H31N5O6S. The van der Waals surface area contributed by atoms with Gasteiger partial charge in [-0.25, -0.2) is 4.79 Å². The molecule has 33 heavy (non-hydrogen) atoms. The summed E-state index contributed by atoms with van der Waals surface area (Å²) in [6.07, 6.45) is 0.228. The molecule has 6 atom stereocenters. The van der Waals surface area contributed by atoms with Gasteiger partial charge in [0.15, 0.2) is 0 Å². The first-order valence-electron chi connectivity index (χ1n) is 10.9. The molecule has 2 fully saturated rings. The van der Waals surface area contributed by atoms with Crippen LogP contribution in [0.3, 0.4) is 0 Å². The highest BCUT2D eigenvalue weighted by Gasteiger charge is 2.60. The van der Waals surface area contributed by atoms with Crippen molar-refractivity contribution in [1.29, 1.82) is 0 Å². The number of fused-ring (bicyclic) bond motifs is 1. The van der Waals surface area contributed by atoms with Crippen LogP contribution in [0.1, 0.15) is 26.7 Å². The standard InChI is InChI=1S/C21H31N5O6S/c1-9-16-15(10(2)24-14(28)7-13(27)22-3)20(30)26(16)17(21(31)32)18(9)33-11-6-12(23-8-11)19(29)25(4)5/h9-12,15-16,23H,6-8H2,1-5H3,(H,22,27)(H,24,28)(H,31,32)/t9-,10?,11+,12+,15-,16-/m1/s1. The van der Waals surface area contributed by atoms with E-state index in [0.717, 1.165) is 0 Å². The summed E-state index contributed by atoms with van der Waals surface area (Å²) in [6, 6.07) is -1.24. The highest BCUT2D eigenvalue weighted by atomic mass is 32.2. The first-order chi connectivity index (χ1) is 15.5. The normalized spacial score (nSPS) is 29.3. The zero-order valence-corrected chi connectivity index (χ0v) is 20.2. The number of carbonyl (C=O) groups excluding carboxylic acids is 4. The molecule has 1 unspecified atom stereocenters. The maximum atomic E-state index is 12.9. The molecule has 0 aromatic heterocycles. The lowest BCUT2D eigenvalue weighted by atomic mass is 9.78. The number of amides is 4. The number of carboxylic acid groups (broad SMARTS) is 1. The predicted molar refractivity (Wildman–Crippen MR) is 121 cm³/mol. The van der Waals surface area contributed by atoms with Crippen LogP contribution in [0.15, 0.2) is 10.6 Å². The second-order valence-corrected chi connectivity index (χ2v) is 10.2. The van der Waals surface area contributed by atoms with Gasteiger partial charge in [-0.1, -0.05) is 6.92 Å². The minimum absolute atomic E-state index is 0.00244. The summed E-state index contributed by atoms with van der Waals surface area (Å²) in [4.78, 5) is 64.3. The van der Waals surface area contributed by atoms with Crippen LogP contribution < -0.4 is 16.0 Å². The van der Waals surface area contributed by atoms with Gasteiger partial charge in [0.25, 0.3) is 0 Å². The molecule has 0 radical (unpaired) electrons. The molecule has 182 valence electrons. The Balaban J connectivity index is 1.71. The van der Waals surface area contributed by atoms with Crippen LogP contribution in [0.5, 0.6) is 0 Å². The predicted octanol–water partition coefficient (Wildman–Crippen LogP) is -1.05. The number of rotatable bonds is 8. The number of aliphatic carboxylic acids is 1. The van der Waals surface area contributed by atoms with Gasteiger partial charge in [-0.2, -0.15) is 0 Å². The number of likely N-dealkylation sites (N-methyl/N-ethyl adjacent to an activating group) is 1. The number of nitrogens with zero attached hydrogens (tertiary/aromatic N) is 2. The van der Waals surface area contributed by atoms with Crippen molar-refractivity contribution in [2.75, 3.05) is 27.7 Å². The van der Waals surface area contributed by atoms with Crippen molar-refractivity contribution in [3.63, 3.8) is 0 Å². The molecule has 0 saturated carbocycles. The molecule has 11 nitrogen and oxygen atoms in total. The summed E-state index contributed by atoms with van der Waals surface area (Å²) < 4.78 is 0. The summed E-state index contributed by atoms with van der Waals surface area (Å²) in [5, 5.41) is 18.1. The third-order valence-corrected chi connectivity index (χ3v) is 7.95. The molecule has 4 N–H and O–H groups in total. The number of carboxylic acids is 1. The molecule has 2 saturated heterocycles. The molecule has 4 amide bonds. The van der Waals surface area contributed by atoms with E-state index in [1.165, 1.54) is 28.6 Å². The Kier molecular flexibility index (Phi) is 7.37. The Bertz CT molecular complexity index is 906. The van der Waals surface area contributed by atoms with E-state index in [4.69, 9.17) is 0 Å². The minimum atomic E-state index is -1.16. The van der Waals surface area contributed by atoms with E-state index in [2.05, 4.69) is 16.0 Å². The van der Waals surface area contributed by atoms with Crippen LogP contribution in [0.2, 0.25) is 0 Å². The van der Waals surface area contributed by atoms with Gasteiger partial charge in [-0.15, -0.1) is 11.8 Å². The third-order valence-electron chi connectivity index (χ3n) is 6.44. The van der Waals surface area contributed by atoms with Crippen molar-refractivity contribution in [2.45, 2.75) is 50.1 Å². The largest absolute Gasteiger partial charge is 0.477 e. The van der Waals surface area contributed by atoms with Crippen molar-refractivity contribution in [3.05, 3.63) is 10.6 Å². The fourth-order valence-corrected chi connectivity index (χ4v) is 6.28. The molecule has 0 aliphatic carbocycles. The average molecular weight is 482 g/mol. The first kappa shape index (κ1) is 25.0. The van der Waals surface area contributed by atoms with Crippen molar-refractivity contribution < 1.29 is 29.1 Å². The molecule has 3 rings (SSSR count). The number of hydrogen-bond donors (Lipinski definition) is 4. The van der Waals surface area contributed by atoms with E-state index < -0.39 is 29.7 Å². The Morgan fingerprint density at radius 2 is 1.94 bits per heavy atom. The fourth-order valence-electron chi connectivity index (χ4n) is 4.80. The molecule has 0 aromatic rings. The van der Waals surface area contributed by atoms with Crippen LogP contribution in [-0.2, 0) is 24.0 Å². The first-order valence-corrected chi connectivity index (χ1v) is 11.8. The van der Waals surface area contributed by atoms with Crippen LogP contribution in [-0.4, -0.2) is 95.6 Å². The highest BCUT2D eigenvalue weighted by molar-refractivity contribution is 8.03. The summed E-state index contributed by atoms with van der Waals surface area (Å²) in [5.74, 6) is -3.27. The van der Waals surface area contributed by atoms with E-state index in [9.17, 15) is 29.1 Å². The van der Waals surface area contributed by atoms with E-state index in [-0.39, 0.29) is 47.2 Å². The zero-order valence-electron chi connectivity index (χ0n) is 19.4. The molecule has 3 aliphatic heterocycles. The maximum Gasteiger partial charge on any atom is 0.353 e. The lowest BCUT2D eigenvalue weighted by Gasteiger charge is -2.47. The smallest absolute Gasteiger partial charge is 0.353 e. The van der Waals surface area contributed by atoms with Crippen LogP contribution >= 0.6 is 11.8 Å². The maximum absolute atomic E-state index is 12.9. The molecule has 3 aliphatic rings. The van der Waals surface area contributed by atoms with Crippen molar-refractivity contribution >= 4 is 41.4 Å². The minimum Gasteiger partial charge on any atom is -0.477 e. The Morgan fingerprint density at radius 1 is 1.27 bits per heavy atom. The van der Waals surface area contributed by atoms with Gasteiger partial charge in [0.1, 0.15) is 12.1 Å². The lowest BCUT2D eigenvalue weighted by molar-refractivity contribution is -0.158. The quantitative estimate of drug-likeness (QED) is 0.254. The third kappa shape index (κ3) is 4.72. The number of hydrogen-bond acceptors (Lipinski definition) is 7. The summed E-state index contributed by atoms with van der Waals surface area (Å²) in [5.41, 5.74) is -0.00924. The summed E-state index contributed by atoms with van der Waals surface area (Å²) >= 11 is 1.41. The van der Waals surface area contributed by atoms with Gasteiger partial charge in [0.2, 0.25) is 23.6 Å². The van der Waals surface area contributed by atoms with Crippen LogP contribution in [0.25, 0.3) is 0 Å². The molecular weight excluding hydrogens is 450 g/mol. The van der Waals surface area contributed by atoms with Crippen molar-refractivity contribution in [3.8, 4) is 0 Å². The molecule has 0 spiro atoms. The molecule has 0 aromatic carbocycles. The molecule has 12 heteroatoms. The molecule has 3 heterocycles. The van der Waals surface area contributed by atoms with E-state index in [0.29, 0.717) is 17.9 Å². The van der Waals surface area contributed by atoms with Gasteiger partial charge in [-0.05, 0) is 13.3 Å². The van der Waals surface area contributed by atoms with E-state index in [1.54, 1.807) is 21.0 Å². The summed E-state index contributed by atoms with van der Waals surface area (Å²) in [7, 11) is 4.82. The summed E-state index contributed by atoms with van der Waals surface area (Å²) in [6.45, 7) is 4.14. The fraction of sp³-hybridized carbons (Fsp3) is 0.667. The number of carbonyl (C=O) groups is 5. The van der Waals surface area contributed by atoms with Gasteiger partial charge in [0.05, 0.1) is 18.0 Å². The monoisotopic (exact) mass is 481 g/mol. The van der Waals surface area contributed by atoms with Crippen LogP contribution in [0.4, 0.5) is 0 Å². The molecule has 0 bridgehead atoms. The highest BCUT2D eigenvalue weighted by Crippen LogP contribution is 2.51. The number of β-lactam (4-membered cyclic amide) rings is 1. The van der Waals surface area contributed by atoms with E-state index >= 15 is 0 Å². The zero-order chi connectivity index (χ0) is 24.6. The average Bonchev–Trinajstić information content (AvgIpc) is 3.29. The van der Waals surface area contributed by atoms with Gasteiger partial charge in [0, 0.05) is 49.8 Å². The van der Waals surface area contributed by atoms with Gasteiger partial charge >= 0.3 is 5.97 Å². The topological polar surface area (TPSA) is 148 Å².